The number of nitrogens with two attached hydrogens (primary N) is 1. The molecule has 8 heteroatoms. The average molecular weight is 259 g/mol. The first-order chi connectivity index (χ1) is 7.99. The molecule has 0 saturated carbocycles. The van der Waals surface area contributed by atoms with Gasteiger partial charge in [0.25, 0.3) is 0 Å². The van der Waals surface area contributed by atoms with Crippen molar-refractivity contribution in [3.8, 4) is 0 Å². The number of carboxylic acid groups (broad SMARTS) is 1. The molecule has 0 unspecified atom stereocenters. The maximum Gasteiger partial charge on any atom is 0.332 e. The van der Waals surface area contributed by atoms with Crippen LogP contribution < -0.4 is 11.1 Å². The Labute approximate surface area is 101 Å². The van der Waals surface area contributed by atoms with Gasteiger partial charge in [-0.05, 0) is 0 Å². The normalized spacial score (nSPS) is 12.1. The third kappa shape index (κ3) is 4.79. The molecule has 0 saturated heterocycles. The molecule has 1 amide bonds. The molecule has 0 bridgehead atoms. The largest absolute Gasteiger partial charge is 0.479 e. The van der Waals surface area contributed by atoms with Crippen LogP contribution in [0.15, 0.2) is 5.38 Å². The van der Waals surface area contributed by atoms with Gasteiger partial charge in [0.05, 0.1) is 12.1 Å². The number of nitrogens with one attached hydrogen (secondary N) is 1. The average Bonchev–Trinajstić information content (AvgIpc) is 2.63. The second-order valence-electron chi connectivity index (χ2n) is 3.35. The van der Waals surface area contributed by atoms with E-state index in [4.69, 9.17) is 15.9 Å². The summed E-state index contributed by atoms with van der Waals surface area (Å²) in [7, 11) is 0. The maximum atomic E-state index is 11.4. The highest BCUT2D eigenvalue weighted by atomic mass is 32.1. The van der Waals surface area contributed by atoms with Crippen LogP contribution in [0.4, 0.5) is 5.13 Å². The molecule has 7 nitrogen and oxygen atoms in total. The Morgan fingerprint density at radius 3 is 2.82 bits per heavy atom. The van der Waals surface area contributed by atoms with E-state index < -0.39 is 12.1 Å². The number of nitrogens with zero attached hydrogens (tertiary/aromatic N) is 1. The minimum Gasteiger partial charge on any atom is -0.479 e. The van der Waals surface area contributed by atoms with E-state index in [1.54, 1.807) is 5.38 Å². The second-order valence-corrected chi connectivity index (χ2v) is 4.24. The van der Waals surface area contributed by atoms with Crippen molar-refractivity contribution in [3.63, 3.8) is 0 Å². The molecule has 94 valence electrons. The van der Waals surface area contributed by atoms with Crippen molar-refractivity contribution in [1.29, 1.82) is 0 Å². The summed E-state index contributed by atoms with van der Waals surface area (Å²) in [5.41, 5.74) is 5.98. The predicted octanol–water partition coefficient (Wildman–Crippen LogP) is -0.780. The Hall–Kier alpha value is -1.67. The molecule has 1 aromatic rings. The van der Waals surface area contributed by atoms with Crippen LogP contribution >= 0.6 is 11.3 Å². The first-order valence-electron chi connectivity index (χ1n) is 4.86. The highest BCUT2D eigenvalue weighted by Crippen LogP contribution is 2.11. The van der Waals surface area contributed by atoms with Gasteiger partial charge in [-0.25, -0.2) is 9.78 Å². The molecule has 1 rings (SSSR count). The Bertz CT molecular complexity index is 407. The van der Waals surface area contributed by atoms with Crippen molar-refractivity contribution in [2.45, 2.75) is 18.9 Å². The van der Waals surface area contributed by atoms with Crippen molar-refractivity contribution in [1.82, 2.24) is 10.3 Å². The van der Waals surface area contributed by atoms with Crippen LogP contribution in [0.5, 0.6) is 0 Å². The Morgan fingerprint density at radius 1 is 1.59 bits per heavy atom. The lowest BCUT2D eigenvalue weighted by atomic mass is 10.2. The minimum absolute atomic E-state index is 0.0275. The van der Waals surface area contributed by atoms with E-state index in [1.807, 2.05) is 0 Å². The Morgan fingerprint density at radius 2 is 2.29 bits per heavy atom. The number of hydrogen-bond donors (Lipinski definition) is 4. The number of anilines is 1. The van der Waals surface area contributed by atoms with Gasteiger partial charge in [0.2, 0.25) is 5.91 Å². The van der Waals surface area contributed by atoms with Crippen LogP contribution in [0.1, 0.15) is 12.1 Å². The lowest BCUT2D eigenvalue weighted by Crippen LogP contribution is -2.31. The van der Waals surface area contributed by atoms with Gasteiger partial charge in [0, 0.05) is 18.3 Å². The summed E-state index contributed by atoms with van der Waals surface area (Å²) in [6.07, 6.45) is -1.39. The van der Waals surface area contributed by atoms with Crippen molar-refractivity contribution in [2.75, 3.05) is 12.3 Å². The standard InChI is InChI=1S/C9H13N3O4S/c10-9-12-5(4-17-9)3-7(14)11-2-1-6(13)8(15)16/h4,6,13H,1-3H2,(H2,10,12)(H,11,14)(H,15,16)/t6-/m0/s1. The van der Waals surface area contributed by atoms with Gasteiger partial charge in [-0.1, -0.05) is 0 Å². The molecular weight excluding hydrogens is 246 g/mol. The number of aromatic nitrogens is 1. The number of aliphatic hydroxyl groups excluding tert-OH is 1. The van der Waals surface area contributed by atoms with Gasteiger partial charge in [0.15, 0.2) is 11.2 Å². The van der Waals surface area contributed by atoms with Gasteiger partial charge >= 0.3 is 5.97 Å². The van der Waals surface area contributed by atoms with Crippen LogP contribution in [0, 0.1) is 0 Å². The lowest BCUT2D eigenvalue weighted by molar-refractivity contribution is -0.147. The number of amides is 1. The molecule has 0 radical (unpaired) electrons. The quantitative estimate of drug-likeness (QED) is 0.531. The van der Waals surface area contributed by atoms with Crippen molar-refractivity contribution in [2.24, 2.45) is 0 Å². The van der Waals surface area contributed by atoms with E-state index in [1.165, 1.54) is 11.3 Å². The molecule has 0 fully saturated rings. The fraction of sp³-hybridized carbons (Fsp3) is 0.444. The van der Waals surface area contributed by atoms with Gasteiger partial charge in [0.1, 0.15) is 0 Å². The zero-order valence-corrected chi connectivity index (χ0v) is 9.74. The predicted molar refractivity (Wildman–Crippen MR) is 61.5 cm³/mol. The summed E-state index contributed by atoms with van der Waals surface area (Å²) in [6.45, 7) is 0.103. The SMILES string of the molecule is Nc1nc(CC(=O)NCC[C@H](O)C(=O)O)cs1. The third-order valence-corrected chi connectivity index (χ3v) is 2.66. The van der Waals surface area contributed by atoms with E-state index in [9.17, 15) is 9.59 Å². The molecule has 0 aromatic carbocycles. The summed E-state index contributed by atoms with van der Waals surface area (Å²) in [5.74, 6) is -1.58. The van der Waals surface area contributed by atoms with Crippen molar-refractivity contribution in [3.05, 3.63) is 11.1 Å². The number of hydrogen-bond acceptors (Lipinski definition) is 6. The smallest absolute Gasteiger partial charge is 0.332 e. The number of carbonyl (C=O) groups is 2. The zero-order chi connectivity index (χ0) is 12.8. The molecule has 17 heavy (non-hydrogen) atoms. The van der Waals surface area contributed by atoms with Crippen molar-refractivity contribution >= 4 is 28.3 Å². The Balaban J connectivity index is 2.24. The van der Waals surface area contributed by atoms with Crippen LogP contribution in [0.25, 0.3) is 0 Å². The number of aliphatic carboxylic acids is 1. The Kier molecular flexibility index (Phi) is 4.85. The number of rotatable bonds is 6. The van der Waals surface area contributed by atoms with Crippen LogP contribution in [-0.4, -0.2) is 39.7 Å². The highest BCUT2D eigenvalue weighted by molar-refractivity contribution is 7.13. The van der Waals surface area contributed by atoms with E-state index >= 15 is 0 Å². The molecule has 0 aliphatic heterocycles. The summed E-state index contributed by atoms with van der Waals surface area (Å²) in [4.78, 5) is 25.6. The molecule has 1 atom stereocenters. The molecule has 0 aliphatic carbocycles. The summed E-state index contributed by atoms with van der Waals surface area (Å²) >= 11 is 1.25. The van der Waals surface area contributed by atoms with Crippen LogP contribution in [-0.2, 0) is 16.0 Å². The number of carbonyl (C=O) groups excluding carboxylic acids is 1. The number of carboxylic acids is 1. The van der Waals surface area contributed by atoms with Gasteiger partial charge in [-0.2, -0.15) is 0 Å². The van der Waals surface area contributed by atoms with Gasteiger partial charge in [-0.15, -0.1) is 11.3 Å². The number of aliphatic hydroxyl groups is 1. The maximum absolute atomic E-state index is 11.4. The lowest BCUT2D eigenvalue weighted by Gasteiger charge is -2.06. The highest BCUT2D eigenvalue weighted by Gasteiger charge is 2.13. The fourth-order valence-corrected chi connectivity index (χ4v) is 1.67. The monoisotopic (exact) mass is 259 g/mol. The van der Waals surface area contributed by atoms with E-state index in [0.717, 1.165) is 0 Å². The number of nitrogen functional groups attached to an aromatic ring is 1. The molecule has 1 aromatic heterocycles. The summed E-state index contributed by atoms with van der Waals surface area (Å²) in [5, 5.41) is 21.9. The molecule has 5 N–H and O–H groups in total. The van der Waals surface area contributed by atoms with E-state index in [-0.39, 0.29) is 25.3 Å². The topological polar surface area (TPSA) is 126 Å². The van der Waals surface area contributed by atoms with E-state index in [2.05, 4.69) is 10.3 Å². The molecule has 0 aliphatic rings. The summed E-state index contributed by atoms with van der Waals surface area (Å²) < 4.78 is 0. The van der Waals surface area contributed by atoms with Crippen LogP contribution in [0.2, 0.25) is 0 Å². The minimum atomic E-state index is -1.45. The van der Waals surface area contributed by atoms with Crippen LogP contribution in [0.3, 0.4) is 0 Å². The summed E-state index contributed by atoms with van der Waals surface area (Å²) in [6, 6.07) is 0. The molecular formula is C9H13N3O4S. The second kappa shape index (κ2) is 6.16. The van der Waals surface area contributed by atoms with Gasteiger partial charge < -0.3 is 21.3 Å². The molecule has 1 heterocycles. The van der Waals surface area contributed by atoms with E-state index in [0.29, 0.717) is 10.8 Å². The van der Waals surface area contributed by atoms with Crippen molar-refractivity contribution < 1.29 is 19.8 Å². The first-order valence-corrected chi connectivity index (χ1v) is 5.74. The number of thiazole rings is 1. The first kappa shape index (κ1) is 13.4. The third-order valence-electron chi connectivity index (χ3n) is 1.94. The fourth-order valence-electron chi connectivity index (χ4n) is 1.10. The molecule has 0 spiro atoms. The zero-order valence-electron chi connectivity index (χ0n) is 8.92. The van der Waals surface area contributed by atoms with Gasteiger partial charge in [-0.3, -0.25) is 4.79 Å².